The number of hydrogen-bond donors (Lipinski definition) is 1. The van der Waals surface area contributed by atoms with Crippen LogP contribution in [0.5, 0.6) is 5.75 Å². The molecule has 1 aliphatic rings. The van der Waals surface area contributed by atoms with E-state index in [-0.39, 0.29) is 17.1 Å². The molecule has 156 valence electrons. The number of amides is 1. The van der Waals surface area contributed by atoms with Crippen molar-refractivity contribution in [3.05, 3.63) is 73.0 Å². The summed E-state index contributed by atoms with van der Waals surface area (Å²) in [7, 11) is 0. The van der Waals surface area contributed by atoms with Gasteiger partial charge in [-0.1, -0.05) is 0 Å². The highest BCUT2D eigenvalue weighted by molar-refractivity contribution is 5.89. The van der Waals surface area contributed by atoms with Gasteiger partial charge in [-0.2, -0.15) is 0 Å². The lowest BCUT2D eigenvalue weighted by Crippen LogP contribution is -2.43. The van der Waals surface area contributed by atoms with Gasteiger partial charge in [-0.15, -0.1) is 0 Å². The third-order valence-electron chi connectivity index (χ3n) is 5.74. The third kappa shape index (κ3) is 3.51. The van der Waals surface area contributed by atoms with Crippen LogP contribution in [-0.4, -0.2) is 28.4 Å². The third-order valence-corrected chi connectivity index (χ3v) is 5.74. The van der Waals surface area contributed by atoms with Gasteiger partial charge in [-0.3, -0.25) is 9.59 Å². The van der Waals surface area contributed by atoms with Gasteiger partial charge >= 0.3 is 5.63 Å². The molecule has 1 atom stereocenters. The molecule has 0 saturated carbocycles. The van der Waals surface area contributed by atoms with E-state index >= 15 is 0 Å². The molecule has 0 spiro atoms. The number of nitrogens with zero attached hydrogens (tertiary/aromatic N) is 1. The normalized spacial score (nSPS) is 14.5. The van der Waals surface area contributed by atoms with Crippen molar-refractivity contribution in [3.8, 4) is 5.75 Å². The number of nitrogens with one attached hydrogen (secondary N) is 1. The van der Waals surface area contributed by atoms with Crippen LogP contribution in [0.3, 0.4) is 0 Å². The standard InChI is InChI=1S/C23H24N2O5/c1-12-7-18(21-13(2)14(3)23(28)30-19(21)8-12)29-15(4)22(27)25-6-5-16-9-20(26)24-10-17(16)11-25/h7-10,15H,5-6,11H2,1-4H3,(H,24,26). The lowest BCUT2D eigenvalue weighted by Gasteiger charge is -2.30. The maximum atomic E-state index is 13.1. The lowest BCUT2D eigenvalue weighted by atomic mass is 10.0. The highest BCUT2D eigenvalue weighted by atomic mass is 16.5. The van der Waals surface area contributed by atoms with Crippen molar-refractivity contribution in [2.75, 3.05) is 6.54 Å². The predicted molar refractivity (Wildman–Crippen MR) is 113 cm³/mol. The summed E-state index contributed by atoms with van der Waals surface area (Å²) < 4.78 is 11.5. The summed E-state index contributed by atoms with van der Waals surface area (Å²) in [5.41, 5.74) is 4.05. The number of H-pyrrole nitrogens is 1. The number of hydrogen-bond acceptors (Lipinski definition) is 5. The van der Waals surface area contributed by atoms with Gasteiger partial charge in [0, 0.05) is 30.9 Å². The minimum absolute atomic E-state index is 0.131. The van der Waals surface area contributed by atoms with Gasteiger partial charge in [0.15, 0.2) is 6.10 Å². The van der Waals surface area contributed by atoms with E-state index in [1.165, 1.54) is 0 Å². The number of benzene rings is 1. The van der Waals surface area contributed by atoms with Crippen molar-refractivity contribution in [2.45, 2.75) is 46.8 Å². The lowest BCUT2D eigenvalue weighted by molar-refractivity contribution is -0.138. The number of aromatic amines is 1. The first-order chi connectivity index (χ1) is 14.2. The molecule has 0 radical (unpaired) electrons. The molecule has 1 unspecified atom stereocenters. The Balaban J connectivity index is 1.62. The van der Waals surface area contributed by atoms with E-state index in [2.05, 4.69) is 4.98 Å². The molecule has 7 heteroatoms. The van der Waals surface area contributed by atoms with Gasteiger partial charge in [0.25, 0.3) is 5.91 Å². The van der Waals surface area contributed by atoms with E-state index in [0.29, 0.717) is 41.8 Å². The molecular formula is C23H24N2O5. The molecule has 1 amide bonds. The first-order valence-electron chi connectivity index (χ1n) is 9.95. The van der Waals surface area contributed by atoms with Crippen LogP contribution >= 0.6 is 0 Å². The molecule has 0 saturated heterocycles. The van der Waals surface area contributed by atoms with Crippen molar-refractivity contribution in [1.29, 1.82) is 0 Å². The highest BCUT2D eigenvalue weighted by Crippen LogP contribution is 2.32. The van der Waals surface area contributed by atoms with E-state index in [9.17, 15) is 14.4 Å². The SMILES string of the molecule is Cc1cc(OC(C)C(=O)N2CCc3cc(=O)[nH]cc3C2)c2c(C)c(C)c(=O)oc2c1. The summed E-state index contributed by atoms with van der Waals surface area (Å²) in [5.74, 6) is 0.394. The summed E-state index contributed by atoms with van der Waals surface area (Å²) >= 11 is 0. The quantitative estimate of drug-likeness (QED) is 0.673. The van der Waals surface area contributed by atoms with Crippen molar-refractivity contribution < 1.29 is 13.9 Å². The molecule has 3 aromatic rings. The van der Waals surface area contributed by atoms with Gasteiger partial charge in [0.05, 0.1) is 5.39 Å². The zero-order valence-corrected chi connectivity index (χ0v) is 17.5. The smallest absolute Gasteiger partial charge is 0.339 e. The Hall–Kier alpha value is -3.35. The molecule has 1 aliphatic heterocycles. The molecular weight excluding hydrogens is 384 g/mol. The Bertz CT molecular complexity index is 1270. The zero-order valence-electron chi connectivity index (χ0n) is 17.5. The Kier molecular flexibility index (Phi) is 4.97. The summed E-state index contributed by atoms with van der Waals surface area (Å²) in [4.78, 5) is 41.0. The number of ether oxygens (including phenoxy) is 1. The van der Waals surface area contributed by atoms with Crippen LogP contribution < -0.4 is 15.9 Å². The topological polar surface area (TPSA) is 92.6 Å². The van der Waals surface area contributed by atoms with Crippen molar-refractivity contribution >= 4 is 16.9 Å². The minimum Gasteiger partial charge on any atom is -0.480 e. The maximum Gasteiger partial charge on any atom is 0.339 e. The van der Waals surface area contributed by atoms with Gasteiger partial charge in [0.1, 0.15) is 11.3 Å². The number of aromatic nitrogens is 1. The monoisotopic (exact) mass is 408 g/mol. The minimum atomic E-state index is -0.717. The number of rotatable bonds is 3. The van der Waals surface area contributed by atoms with Crippen LogP contribution in [0, 0.1) is 20.8 Å². The van der Waals surface area contributed by atoms with Crippen LogP contribution in [0.25, 0.3) is 11.0 Å². The van der Waals surface area contributed by atoms with E-state index in [1.807, 2.05) is 19.9 Å². The first kappa shape index (κ1) is 19.9. The van der Waals surface area contributed by atoms with Crippen LogP contribution in [0.1, 0.15) is 34.7 Å². The van der Waals surface area contributed by atoms with E-state index in [1.54, 1.807) is 37.1 Å². The van der Waals surface area contributed by atoms with Crippen LogP contribution in [0.4, 0.5) is 0 Å². The summed E-state index contributed by atoms with van der Waals surface area (Å²) in [6.45, 7) is 8.14. The molecule has 0 bridgehead atoms. The average molecular weight is 408 g/mol. The Morgan fingerprint density at radius 1 is 1.13 bits per heavy atom. The molecule has 0 fully saturated rings. The van der Waals surface area contributed by atoms with Crippen LogP contribution in [-0.2, 0) is 17.8 Å². The molecule has 30 heavy (non-hydrogen) atoms. The van der Waals surface area contributed by atoms with Gasteiger partial charge < -0.3 is 19.0 Å². The predicted octanol–water partition coefficient (Wildman–Crippen LogP) is 2.76. The number of carbonyl (C=O) groups is 1. The fourth-order valence-corrected chi connectivity index (χ4v) is 3.93. The van der Waals surface area contributed by atoms with E-state index in [4.69, 9.17) is 9.15 Å². The number of fused-ring (bicyclic) bond motifs is 2. The van der Waals surface area contributed by atoms with Crippen molar-refractivity contribution in [2.24, 2.45) is 0 Å². The van der Waals surface area contributed by atoms with Gasteiger partial charge in [0.2, 0.25) is 5.56 Å². The first-order valence-corrected chi connectivity index (χ1v) is 9.95. The summed E-state index contributed by atoms with van der Waals surface area (Å²) in [6, 6.07) is 5.24. The molecule has 7 nitrogen and oxygen atoms in total. The second-order valence-corrected chi connectivity index (χ2v) is 7.89. The molecule has 0 aliphatic carbocycles. The molecule has 1 N–H and O–H groups in total. The molecule has 1 aromatic carbocycles. The molecule has 4 rings (SSSR count). The Morgan fingerprint density at radius 3 is 2.67 bits per heavy atom. The van der Waals surface area contributed by atoms with E-state index in [0.717, 1.165) is 22.3 Å². The Morgan fingerprint density at radius 2 is 1.90 bits per heavy atom. The van der Waals surface area contributed by atoms with Gasteiger partial charge in [-0.05, 0) is 68.5 Å². The molecule has 3 heterocycles. The highest BCUT2D eigenvalue weighted by Gasteiger charge is 2.27. The average Bonchev–Trinajstić information content (AvgIpc) is 2.70. The van der Waals surface area contributed by atoms with Crippen LogP contribution in [0.2, 0.25) is 0 Å². The second-order valence-electron chi connectivity index (χ2n) is 7.89. The fraction of sp³-hybridized carbons (Fsp3) is 0.348. The largest absolute Gasteiger partial charge is 0.480 e. The van der Waals surface area contributed by atoms with Gasteiger partial charge in [-0.25, -0.2) is 4.79 Å². The number of carbonyl (C=O) groups excluding carboxylic acids is 1. The number of aryl methyl sites for hydroxylation is 2. The number of pyridine rings is 1. The van der Waals surface area contributed by atoms with Crippen LogP contribution in [0.15, 0.2) is 38.4 Å². The fourth-order valence-electron chi connectivity index (χ4n) is 3.93. The molecule has 2 aromatic heterocycles. The van der Waals surface area contributed by atoms with Crippen molar-refractivity contribution in [1.82, 2.24) is 9.88 Å². The van der Waals surface area contributed by atoms with E-state index < -0.39 is 6.10 Å². The maximum absolute atomic E-state index is 13.1. The second kappa shape index (κ2) is 7.48. The summed E-state index contributed by atoms with van der Waals surface area (Å²) in [5, 5.41) is 0.707. The zero-order chi connectivity index (χ0) is 21.6. The Labute approximate surface area is 173 Å². The van der Waals surface area contributed by atoms with Crippen molar-refractivity contribution in [3.63, 3.8) is 0 Å². The summed E-state index contributed by atoms with van der Waals surface area (Å²) in [6.07, 6.45) is 1.59.